The van der Waals surface area contributed by atoms with Crippen LogP contribution >= 0.6 is 11.8 Å². The molecule has 2 aliphatic heterocycles. The van der Waals surface area contributed by atoms with Crippen molar-refractivity contribution in [3.05, 3.63) is 66.2 Å². The molecule has 30 heavy (non-hydrogen) atoms. The first-order chi connectivity index (χ1) is 14.6. The zero-order valence-corrected chi connectivity index (χ0v) is 16.7. The van der Waals surface area contributed by atoms with Crippen molar-refractivity contribution in [1.82, 2.24) is 10.2 Å². The minimum Gasteiger partial charge on any atom is -0.484 e. The van der Waals surface area contributed by atoms with Gasteiger partial charge in [0.05, 0.1) is 5.88 Å². The summed E-state index contributed by atoms with van der Waals surface area (Å²) < 4.78 is 10.7. The van der Waals surface area contributed by atoms with Crippen molar-refractivity contribution in [2.24, 2.45) is 4.99 Å². The molecule has 2 heterocycles. The first-order valence-electron chi connectivity index (χ1n) is 9.31. The lowest BCUT2D eigenvalue weighted by Crippen LogP contribution is -2.73. The Morgan fingerprint density at radius 2 is 1.80 bits per heavy atom. The van der Waals surface area contributed by atoms with Crippen LogP contribution in [0.5, 0.6) is 5.75 Å². The van der Waals surface area contributed by atoms with E-state index >= 15 is 0 Å². The van der Waals surface area contributed by atoms with Crippen molar-refractivity contribution in [2.75, 3.05) is 12.5 Å². The maximum absolute atomic E-state index is 12.6. The average Bonchev–Trinajstić information content (AvgIpc) is 2.80. The van der Waals surface area contributed by atoms with Gasteiger partial charge in [-0.3, -0.25) is 19.5 Å². The van der Waals surface area contributed by atoms with Gasteiger partial charge in [0, 0.05) is 0 Å². The van der Waals surface area contributed by atoms with Crippen molar-refractivity contribution >= 4 is 35.4 Å². The summed E-state index contributed by atoms with van der Waals surface area (Å²) in [6.45, 7) is -0.110. The van der Waals surface area contributed by atoms with Crippen molar-refractivity contribution in [3.63, 3.8) is 0 Å². The van der Waals surface area contributed by atoms with Gasteiger partial charge < -0.3 is 14.8 Å². The molecule has 2 amide bonds. The van der Waals surface area contributed by atoms with Crippen molar-refractivity contribution in [1.29, 1.82) is 0 Å². The molecule has 0 saturated carbocycles. The summed E-state index contributed by atoms with van der Waals surface area (Å²) in [5.74, 6) is -0.613. The molecule has 2 unspecified atom stereocenters. The predicted octanol–water partition coefficient (Wildman–Crippen LogP) is 1.56. The van der Waals surface area contributed by atoms with Gasteiger partial charge in [-0.25, -0.2) is 4.79 Å². The number of fused-ring (bicyclic) bond motifs is 1. The van der Waals surface area contributed by atoms with E-state index in [0.717, 1.165) is 5.56 Å². The van der Waals surface area contributed by atoms with Crippen LogP contribution in [0.4, 0.5) is 0 Å². The van der Waals surface area contributed by atoms with E-state index in [9.17, 15) is 14.4 Å². The van der Waals surface area contributed by atoms with Gasteiger partial charge in [-0.05, 0) is 17.7 Å². The SMILES string of the molecule is O=C(COc1ccccc1)NC1C(=O)N2C(C(=O)OCc3ccccc3)=NCSC12. The summed E-state index contributed by atoms with van der Waals surface area (Å²) in [5, 5.41) is 2.28. The number of β-lactam (4-membered cyclic amide) rings is 1. The second kappa shape index (κ2) is 9.00. The maximum atomic E-state index is 12.6. The van der Waals surface area contributed by atoms with Gasteiger partial charge in [0.15, 0.2) is 6.61 Å². The standard InChI is InChI=1S/C21H19N3O5S/c25-16(12-28-15-9-5-2-6-10-15)23-17-19(26)24-18(22-13-30-20(17)24)21(27)29-11-14-7-3-1-4-8-14/h1-10,17,20H,11-13H2,(H,23,25). The van der Waals surface area contributed by atoms with Crippen LogP contribution in [-0.4, -0.2) is 52.4 Å². The van der Waals surface area contributed by atoms with Gasteiger partial charge in [0.1, 0.15) is 23.8 Å². The van der Waals surface area contributed by atoms with Crippen molar-refractivity contribution in [3.8, 4) is 5.75 Å². The number of hydrogen-bond acceptors (Lipinski definition) is 7. The molecule has 9 heteroatoms. The lowest BCUT2D eigenvalue weighted by atomic mass is 10.1. The van der Waals surface area contributed by atoms with Crippen LogP contribution in [0.3, 0.4) is 0 Å². The van der Waals surface area contributed by atoms with Gasteiger partial charge in [-0.2, -0.15) is 0 Å². The number of thioether (sulfide) groups is 1. The number of benzene rings is 2. The third kappa shape index (κ3) is 4.30. The van der Waals surface area contributed by atoms with Gasteiger partial charge in [-0.15, -0.1) is 11.8 Å². The van der Waals surface area contributed by atoms with Crippen LogP contribution in [-0.2, 0) is 25.7 Å². The number of hydrogen-bond donors (Lipinski definition) is 1. The van der Waals surface area contributed by atoms with E-state index in [1.807, 2.05) is 36.4 Å². The van der Waals surface area contributed by atoms with Crippen LogP contribution in [0.25, 0.3) is 0 Å². The molecule has 0 spiro atoms. The highest BCUT2D eigenvalue weighted by molar-refractivity contribution is 8.00. The molecule has 1 fully saturated rings. The molecule has 0 aliphatic carbocycles. The maximum Gasteiger partial charge on any atom is 0.374 e. The Hall–Kier alpha value is -3.33. The van der Waals surface area contributed by atoms with E-state index in [0.29, 0.717) is 11.6 Å². The molecule has 4 rings (SSSR count). The number of esters is 1. The van der Waals surface area contributed by atoms with Gasteiger partial charge in [-0.1, -0.05) is 48.5 Å². The van der Waals surface area contributed by atoms with Crippen LogP contribution in [0.2, 0.25) is 0 Å². The summed E-state index contributed by atoms with van der Waals surface area (Å²) in [6, 6.07) is 17.5. The van der Waals surface area contributed by atoms with Crippen LogP contribution in [0, 0.1) is 0 Å². The molecule has 1 saturated heterocycles. The van der Waals surface area contributed by atoms with E-state index < -0.39 is 29.2 Å². The summed E-state index contributed by atoms with van der Waals surface area (Å²) in [5.41, 5.74) is 0.840. The van der Waals surface area contributed by atoms with Crippen molar-refractivity contribution < 1.29 is 23.9 Å². The molecular formula is C21H19N3O5S. The lowest BCUT2D eigenvalue weighted by molar-refractivity contribution is -0.147. The van der Waals surface area contributed by atoms with Gasteiger partial charge in [0.25, 0.3) is 11.8 Å². The van der Waals surface area contributed by atoms with Crippen molar-refractivity contribution in [2.45, 2.75) is 18.0 Å². The minimum atomic E-state index is -0.728. The smallest absolute Gasteiger partial charge is 0.374 e. The number of aliphatic imine (C=N–C) groups is 1. The number of ether oxygens (including phenoxy) is 2. The Morgan fingerprint density at radius 3 is 2.53 bits per heavy atom. The normalized spacial score (nSPS) is 19.8. The zero-order chi connectivity index (χ0) is 20.9. The second-order valence-corrected chi connectivity index (χ2v) is 7.66. The Balaban J connectivity index is 1.30. The molecule has 2 aromatic rings. The average molecular weight is 425 g/mol. The summed E-state index contributed by atoms with van der Waals surface area (Å²) >= 11 is 1.37. The third-order valence-corrected chi connectivity index (χ3v) is 5.66. The van der Waals surface area contributed by atoms with E-state index in [2.05, 4.69) is 10.3 Å². The summed E-state index contributed by atoms with van der Waals surface area (Å²) in [6.07, 6.45) is 0. The fourth-order valence-corrected chi connectivity index (χ4v) is 4.15. The Kier molecular flexibility index (Phi) is 5.99. The number of carbonyl (C=O) groups excluding carboxylic acids is 3. The Labute approximate surface area is 177 Å². The molecule has 0 aromatic heterocycles. The van der Waals surface area contributed by atoms with Crippen LogP contribution in [0.1, 0.15) is 5.56 Å². The number of nitrogens with one attached hydrogen (secondary N) is 1. The fourth-order valence-electron chi connectivity index (χ4n) is 3.08. The number of nitrogens with zero attached hydrogens (tertiary/aromatic N) is 2. The highest BCUT2D eigenvalue weighted by Gasteiger charge is 2.54. The zero-order valence-electron chi connectivity index (χ0n) is 15.9. The molecule has 0 radical (unpaired) electrons. The number of amidine groups is 1. The highest BCUT2D eigenvalue weighted by atomic mass is 32.2. The fraction of sp³-hybridized carbons (Fsp3) is 0.238. The minimum absolute atomic E-state index is 0.0225. The number of carbonyl (C=O) groups is 3. The lowest BCUT2D eigenvalue weighted by Gasteiger charge is -2.47. The molecule has 8 nitrogen and oxygen atoms in total. The number of para-hydroxylation sites is 1. The quantitative estimate of drug-likeness (QED) is 0.534. The second-order valence-electron chi connectivity index (χ2n) is 6.58. The van der Waals surface area contributed by atoms with Gasteiger partial charge in [0.2, 0.25) is 5.84 Å². The van der Waals surface area contributed by atoms with E-state index in [1.54, 1.807) is 24.3 Å². The monoisotopic (exact) mass is 425 g/mol. The topological polar surface area (TPSA) is 97.3 Å². The first-order valence-corrected chi connectivity index (χ1v) is 10.4. The van der Waals surface area contributed by atoms with Gasteiger partial charge >= 0.3 is 5.97 Å². The highest BCUT2D eigenvalue weighted by Crippen LogP contribution is 2.34. The van der Waals surface area contributed by atoms with Crippen LogP contribution < -0.4 is 10.1 Å². The third-order valence-electron chi connectivity index (χ3n) is 4.56. The largest absolute Gasteiger partial charge is 0.484 e. The summed E-state index contributed by atoms with van der Waals surface area (Å²) in [4.78, 5) is 42.6. The molecule has 0 bridgehead atoms. The van der Waals surface area contributed by atoms with E-state index in [1.165, 1.54) is 16.7 Å². The van der Waals surface area contributed by atoms with E-state index in [4.69, 9.17) is 9.47 Å². The van der Waals surface area contributed by atoms with Crippen LogP contribution in [0.15, 0.2) is 65.7 Å². The summed E-state index contributed by atoms with van der Waals surface area (Å²) in [7, 11) is 0. The number of amides is 2. The Morgan fingerprint density at radius 1 is 1.10 bits per heavy atom. The molecule has 154 valence electrons. The first kappa shape index (κ1) is 20.0. The molecule has 1 N–H and O–H groups in total. The molecule has 2 aliphatic rings. The Bertz CT molecular complexity index is 967. The predicted molar refractivity (Wildman–Crippen MR) is 111 cm³/mol. The van der Waals surface area contributed by atoms with E-state index in [-0.39, 0.29) is 19.0 Å². The number of rotatable bonds is 7. The molecule has 2 atom stereocenters. The molecule has 2 aromatic carbocycles. The molecular weight excluding hydrogens is 406 g/mol.